The Kier molecular flexibility index (Phi) is 2.98. The summed E-state index contributed by atoms with van der Waals surface area (Å²) in [5.74, 6) is 0. The van der Waals surface area contributed by atoms with Crippen molar-refractivity contribution < 1.29 is 9.47 Å². The lowest BCUT2D eigenvalue weighted by Crippen LogP contribution is -2.29. The summed E-state index contributed by atoms with van der Waals surface area (Å²) < 4.78 is 11.3. The molecule has 0 radical (unpaired) electrons. The fourth-order valence-electron chi connectivity index (χ4n) is 1.78. The molecule has 3 heteroatoms. The predicted octanol–water partition coefficient (Wildman–Crippen LogP) is 0.891. The van der Waals surface area contributed by atoms with Crippen molar-refractivity contribution in [1.29, 1.82) is 0 Å². The molecule has 0 aliphatic carbocycles. The largest absolute Gasteiger partial charge is 0.353 e. The third-order valence-electron chi connectivity index (χ3n) is 2.50. The van der Waals surface area contributed by atoms with E-state index < -0.39 is 0 Å². The van der Waals surface area contributed by atoms with Crippen molar-refractivity contribution in [3.05, 3.63) is 0 Å². The zero-order valence-electron chi connectivity index (χ0n) is 7.42. The van der Waals surface area contributed by atoms with Gasteiger partial charge in [0.05, 0.1) is 6.10 Å². The lowest BCUT2D eigenvalue weighted by atomic mass is 10.2. The van der Waals surface area contributed by atoms with Crippen LogP contribution in [0, 0.1) is 0 Å². The Morgan fingerprint density at radius 1 is 1.25 bits per heavy atom. The van der Waals surface area contributed by atoms with E-state index >= 15 is 0 Å². The van der Waals surface area contributed by atoms with Crippen LogP contribution in [-0.4, -0.2) is 32.1 Å². The Bertz CT molecular complexity index is 128. The van der Waals surface area contributed by atoms with Crippen molar-refractivity contribution in [3.8, 4) is 0 Å². The average Bonchev–Trinajstić information content (AvgIpc) is 2.59. The molecule has 70 valence electrons. The monoisotopic (exact) mass is 171 g/mol. The number of ether oxygens (including phenoxy) is 2. The van der Waals surface area contributed by atoms with E-state index in [0.717, 1.165) is 32.5 Å². The lowest BCUT2D eigenvalue weighted by molar-refractivity contribution is -0.183. The second-order valence-electron chi connectivity index (χ2n) is 3.55. The molecule has 2 aliphatic heterocycles. The molecule has 0 spiro atoms. The van der Waals surface area contributed by atoms with Crippen molar-refractivity contribution >= 4 is 0 Å². The van der Waals surface area contributed by atoms with E-state index in [1.165, 1.54) is 12.8 Å². The van der Waals surface area contributed by atoms with Crippen LogP contribution in [0.25, 0.3) is 0 Å². The van der Waals surface area contributed by atoms with Gasteiger partial charge < -0.3 is 14.8 Å². The van der Waals surface area contributed by atoms with Gasteiger partial charge >= 0.3 is 0 Å². The van der Waals surface area contributed by atoms with Gasteiger partial charge in [-0.05, 0) is 32.2 Å². The van der Waals surface area contributed by atoms with Crippen LogP contribution in [0.5, 0.6) is 0 Å². The molecule has 0 aromatic carbocycles. The van der Waals surface area contributed by atoms with Crippen molar-refractivity contribution in [2.45, 2.75) is 38.1 Å². The third kappa shape index (κ3) is 2.19. The van der Waals surface area contributed by atoms with Crippen LogP contribution >= 0.6 is 0 Å². The Morgan fingerprint density at radius 2 is 2.25 bits per heavy atom. The maximum atomic E-state index is 5.77. The summed E-state index contributed by atoms with van der Waals surface area (Å²) in [6.07, 6.45) is 5.15. The summed E-state index contributed by atoms with van der Waals surface area (Å²) >= 11 is 0. The second kappa shape index (κ2) is 4.21. The molecule has 2 rings (SSSR count). The van der Waals surface area contributed by atoms with Crippen LogP contribution < -0.4 is 5.32 Å². The van der Waals surface area contributed by atoms with Gasteiger partial charge in [0, 0.05) is 13.2 Å². The van der Waals surface area contributed by atoms with Gasteiger partial charge in [0.25, 0.3) is 0 Å². The van der Waals surface area contributed by atoms with E-state index in [1.54, 1.807) is 0 Å². The highest BCUT2D eigenvalue weighted by Gasteiger charge is 2.21. The molecule has 2 saturated heterocycles. The maximum Gasteiger partial charge on any atom is 0.158 e. The topological polar surface area (TPSA) is 30.5 Å². The number of hydrogen-bond acceptors (Lipinski definition) is 3. The first-order valence-corrected chi connectivity index (χ1v) is 4.93. The third-order valence-corrected chi connectivity index (χ3v) is 2.50. The molecule has 0 aromatic rings. The van der Waals surface area contributed by atoms with Crippen LogP contribution in [0.1, 0.15) is 25.7 Å². The molecular formula is C9H17NO2. The normalized spacial score (nSPS) is 37.0. The van der Waals surface area contributed by atoms with E-state index in [0.29, 0.717) is 6.10 Å². The van der Waals surface area contributed by atoms with Crippen LogP contribution in [0.2, 0.25) is 0 Å². The average molecular weight is 171 g/mol. The highest BCUT2D eigenvalue weighted by Crippen LogP contribution is 2.17. The molecule has 2 heterocycles. The predicted molar refractivity (Wildman–Crippen MR) is 46.0 cm³/mol. The molecule has 1 N–H and O–H groups in total. The zero-order valence-corrected chi connectivity index (χ0v) is 7.42. The minimum atomic E-state index is 0.0867. The summed E-state index contributed by atoms with van der Waals surface area (Å²) in [6.45, 7) is 2.97. The smallest absolute Gasteiger partial charge is 0.158 e. The summed E-state index contributed by atoms with van der Waals surface area (Å²) in [4.78, 5) is 0. The molecular weight excluding hydrogens is 154 g/mol. The van der Waals surface area contributed by atoms with Crippen LogP contribution in [-0.2, 0) is 9.47 Å². The van der Waals surface area contributed by atoms with Crippen molar-refractivity contribution in [2.24, 2.45) is 0 Å². The molecule has 2 atom stereocenters. The quantitative estimate of drug-likeness (QED) is 0.669. The standard InChI is InChI=1S/C9H17NO2/c1-2-6-11-9(3-1)12-8-4-5-10-7-8/h8-10H,1-7H2/t8-,9-/m1/s1. The first kappa shape index (κ1) is 8.48. The van der Waals surface area contributed by atoms with Gasteiger partial charge in [-0.3, -0.25) is 0 Å². The summed E-state index contributed by atoms with van der Waals surface area (Å²) in [5, 5.41) is 3.28. The second-order valence-corrected chi connectivity index (χ2v) is 3.55. The van der Waals surface area contributed by atoms with Gasteiger partial charge in [-0.1, -0.05) is 0 Å². The molecule has 12 heavy (non-hydrogen) atoms. The minimum Gasteiger partial charge on any atom is -0.353 e. The number of rotatable bonds is 2. The molecule has 0 saturated carbocycles. The van der Waals surface area contributed by atoms with Crippen molar-refractivity contribution in [1.82, 2.24) is 5.32 Å². The number of hydrogen-bond donors (Lipinski definition) is 1. The Hall–Kier alpha value is -0.120. The first-order valence-electron chi connectivity index (χ1n) is 4.93. The van der Waals surface area contributed by atoms with Crippen molar-refractivity contribution in [2.75, 3.05) is 19.7 Å². The molecule has 2 fully saturated rings. The van der Waals surface area contributed by atoms with E-state index in [2.05, 4.69) is 5.32 Å². The van der Waals surface area contributed by atoms with Gasteiger partial charge in [-0.25, -0.2) is 0 Å². The highest BCUT2D eigenvalue weighted by molar-refractivity contribution is 4.72. The van der Waals surface area contributed by atoms with Gasteiger partial charge in [0.15, 0.2) is 6.29 Å². The van der Waals surface area contributed by atoms with Crippen LogP contribution in [0.15, 0.2) is 0 Å². The summed E-state index contributed by atoms with van der Waals surface area (Å²) in [7, 11) is 0. The first-order chi connectivity index (χ1) is 5.95. The Morgan fingerprint density at radius 3 is 2.92 bits per heavy atom. The van der Waals surface area contributed by atoms with Crippen LogP contribution in [0.4, 0.5) is 0 Å². The zero-order chi connectivity index (χ0) is 8.23. The summed E-state index contributed by atoms with van der Waals surface area (Å²) in [5.41, 5.74) is 0. The Labute approximate surface area is 73.4 Å². The van der Waals surface area contributed by atoms with Crippen molar-refractivity contribution in [3.63, 3.8) is 0 Å². The molecule has 2 aliphatic rings. The molecule has 0 bridgehead atoms. The minimum absolute atomic E-state index is 0.0867. The molecule has 0 aromatic heterocycles. The maximum absolute atomic E-state index is 5.77. The summed E-state index contributed by atoms with van der Waals surface area (Å²) in [6, 6.07) is 0. The van der Waals surface area contributed by atoms with Gasteiger partial charge in [0.1, 0.15) is 0 Å². The van der Waals surface area contributed by atoms with E-state index in [-0.39, 0.29) is 6.29 Å². The lowest BCUT2D eigenvalue weighted by Gasteiger charge is -2.25. The fourth-order valence-corrected chi connectivity index (χ4v) is 1.78. The molecule has 0 amide bonds. The Balaban J connectivity index is 1.69. The van der Waals surface area contributed by atoms with E-state index in [4.69, 9.17) is 9.47 Å². The van der Waals surface area contributed by atoms with Crippen LogP contribution in [0.3, 0.4) is 0 Å². The van der Waals surface area contributed by atoms with Gasteiger partial charge in [-0.2, -0.15) is 0 Å². The van der Waals surface area contributed by atoms with Gasteiger partial charge in [-0.15, -0.1) is 0 Å². The fraction of sp³-hybridized carbons (Fsp3) is 1.00. The SMILES string of the molecule is C1CC[C@@H](O[C@@H]2CCNC2)OC1. The van der Waals surface area contributed by atoms with Gasteiger partial charge in [0.2, 0.25) is 0 Å². The van der Waals surface area contributed by atoms with E-state index in [1.807, 2.05) is 0 Å². The number of nitrogens with one attached hydrogen (secondary N) is 1. The molecule has 3 nitrogen and oxygen atoms in total. The van der Waals surface area contributed by atoms with E-state index in [9.17, 15) is 0 Å². The molecule has 0 unspecified atom stereocenters. The highest BCUT2D eigenvalue weighted by atomic mass is 16.7.